The van der Waals surface area contributed by atoms with Gasteiger partial charge in [0.2, 0.25) is 17.7 Å². The van der Waals surface area contributed by atoms with Crippen LogP contribution in [0.1, 0.15) is 80.6 Å². The molecule has 2 saturated heterocycles. The minimum atomic E-state index is -0.396. The highest BCUT2D eigenvalue weighted by Gasteiger charge is 2.41. The van der Waals surface area contributed by atoms with Crippen LogP contribution in [0.15, 0.2) is 0 Å². The smallest absolute Gasteiger partial charge is 0.245 e. The monoisotopic (exact) mass is 464 g/mol. The molecular weight excluding hydrogens is 416 g/mol. The lowest BCUT2D eigenvalue weighted by molar-refractivity contribution is -0.151. The van der Waals surface area contributed by atoms with E-state index in [-0.39, 0.29) is 35.2 Å². The molecule has 0 unspecified atom stereocenters. The highest BCUT2D eigenvalue weighted by molar-refractivity contribution is 5.90. The van der Waals surface area contributed by atoms with Gasteiger partial charge in [-0.1, -0.05) is 34.6 Å². The number of hydrogen-bond donors (Lipinski definition) is 1. The van der Waals surface area contributed by atoms with Gasteiger partial charge in [-0.3, -0.25) is 14.4 Å². The maximum Gasteiger partial charge on any atom is 0.245 e. The summed E-state index contributed by atoms with van der Waals surface area (Å²) in [7, 11) is 1.86. The van der Waals surface area contributed by atoms with Crippen molar-refractivity contribution in [2.45, 2.75) is 98.7 Å². The number of piperazine rings is 1. The van der Waals surface area contributed by atoms with E-state index in [1.54, 1.807) is 0 Å². The summed E-state index contributed by atoms with van der Waals surface area (Å²) in [4.78, 5) is 45.2. The number of hydrogen-bond acceptors (Lipinski definition) is 4. The number of likely N-dealkylation sites (tertiary alicyclic amines) is 1. The standard InChI is InChI=1S/C26H48N4O3/c1-18(2)15-21-24(32)30(14-11-27-21)22(16-19(3)4)25(33)29-12-9-26(7,10-13-29)17-23(31)28(8)20(5)6/h18-22,27H,9-17H2,1-8H3/t21-,22-/m0/s1. The second-order valence-electron chi connectivity index (χ2n) is 11.7. The molecular formula is C26H48N4O3. The zero-order valence-electron chi connectivity index (χ0n) is 22.3. The third-order valence-electron chi connectivity index (χ3n) is 7.42. The Morgan fingerprint density at radius 2 is 1.67 bits per heavy atom. The first kappa shape index (κ1) is 27.6. The van der Waals surface area contributed by atoms with E-state index in [2.05, 4.69) is 39.9 Å². The molecule has 3 amide bonds. The Bertz CT molecular complexity index is 683. The third kappa shape index (κ3) is 7.43. The van der Waals surface area contributed by atoms with E-state index < -0.39 is 6.04 Å². The molecule has 190 valence electrons. The average Bonchev–Trinajstić information content (AvgIpc) is 2.72. The van der Waals surface area contributed by atoms with Crippen molar-refractivity contribution < 1.29 is 14.4 Å². The number of carbonyl (C=O) groups excluding carboxylic acids is 3. The minimum Gasteiger partial charge on any atom is -0.343 e. The molecule has 0 radical (unpaired) electrons. The van der Waals surface area contributed by atoms with E-state index in [0.717, 1.165) is 25.8 Å². The molecule has 2 aliphatic heterocycles. The molecule has 7 heteroatoms. The number of carbonyl (C=O) groups is 3. The molecule has 7 nitrogen and oxygen atoms in total. The Morgan fingerprint density at radius 3 is 2.18 bits per heavy atom. The topological polar surface area (TPSA) is 73.0 Å². The number of nitrogens with zero attached hydrogens (tertiary/aromatic N) is 3. The van der Waals surface area contributed by atoms with Crippen LogP contribution in [0.25, 0.3) is 0 Å². The number of rotatable bonds is 9. The van der Waals surface area contributed by atoms with E-state index >= 15 is 0 Å². The first-order valence-corrected chi connectivity index (χ1v) is 12.9. The van der Waals surface area contributed by atoms with Gasteiger partial charge >= 0.3 is 0 Å². The van der Waals surface area contributed by atoms with Crippen molar-refractivity contribution >= 4 is 17.7 Å². The zero-order valence-corrected chi connectivity index (χ0v) is 22.3. The van der Waals surface area contributed by atoms with Crippen molar-refractivity contribution in [1.82, 2.24) is 20.0 Å². The Balaban J connectivity index is 2.07. The Kier molecular flexibility index (Phi) is 9.77. The summed E-state index contributed by atoms with van der Waals surface area (Å²) >= 11 is 0. The van der Waals surface area contributed by atoms with Crippen LogP contribution in [0, 0.1) is 17.3 Å². The van der Waals surface area contributed by atoms with E-state index in [9.17, 15) is 14.4 Å². The predicted octanol–water partition coefficient (Wildman–Crippen LogP) is 3.13. The van der Waals surface area contributed by atoms with Gasteiger partial charge in [-0.05, 0) is 56.8 Å². The predicted molar refractivity (Wildman–Crippen MR) is 133 cm³/mol. The van der Waals surface area contributed by atoms with Gasteiger partial charge in [0.15, 0.2) is 0 Å². The minimum absolute atomic E-state index is 0.0677. The second-order valence-corrected chi connectivity index (χ2v) is 11.7. The molecule has 33 heavy (non-hydrogen) atoms. The molecule has 0 bridgehead atoms. The summed E-state index contributed by atoms with van der Waals surface area (Å²) in [5.41, 5.74) is -0.0855. The molecule has 2 heterocycles. The SMILES string of the molecule is CC(C)C[C@@H]1NCCN([C@@H](CC(C)C)C(=O)N2CCC(C)(CC(=O)N(C)C(C)C)CC2)C1=O. The molecule has 0 spiro atoms. The number of nitrogens with one attached hydrogen (secondary N) is 1. The molecule has 2 fully saturated rings. The summed E-state index contributed by atoms with van der Waals surface area (Å²) in [6.45, 7) is 17.3. The van der Waals surface area contributed by atoms with Gasteiger partial charge in [-0.25, -0.2) is 0 Å². The van der Waals surface area contributed by atoms with Crippen LogP contribution >= 0.6 is 0 Å². The van der Waals surface area contributed by atoms with Gasteiger partial charge in [0.25, 0.3) is 0 Å². The second kappa shape index (κ2) is 11.7. The van der Waals surface area contributed by atoms with Gasteiger partial charge in [0, 0.05) is 45.7 Å². The third-order valence-corrected chi connectivity index (χ3v) is 7.42. The largest absolute Gasteiger partial charge is 0.343 e. The van der Waals surface area contributed by atoms with Gasteiger partial charge in [0.05, 0.1) is 6.04 Å². The molecule has 0 aromatic carbocycles. The van der Waals surface area contributed by atoms with Crippen LogP contribution in [0.3, 0.4) is 0 Å². The zero-order chi connectivity index (χ0) is 24.9. The van der Waals surface area contributed by atoms with Crippen LogP contribution in [-0.4, -0.2) is 83.8 Å². The first-order chi connectivity index (χ1) is 15.3. The molecule has 2 aliphatic rings. The van der Waals surface area contributed by atoms with Gasteiger partial charge in [0.1, 0.15) is 6.04 Å². The average molecular weight is 465 g/mol. The fourth-order valence-electron chi connectivity index (χ4n) is 4.96. The van der Waals surface area contributed by atoms with E-state index in [1.807, 2.05) is 35.6 Å². The Labute approximate surface area is 201 Å². The van der Waals surface area contributed by atoms with Crippen molar-refractivity contribution in [1.29, 1.82) is 0 Å². The fraction of sp³-hybridized carbons (Fsp3) is 0.885. The highest BCUT2D eigenvalue weighted by atomic mass is 16.2. The fourth-order valence-corrected chi connectivity index (χ4v) is 4.96. The number of amides is 3. The van der Waals surface area contributed by atoms with E-state index in [4.69, 9.17) is 0 Å². The first-order valence-electron chi connectivity index (χ1n) is 12.9. The summed E-state index contributed by atoms with van der Waals surface area (Å²) < 4.78 is 0. The number of piperidine rings is 1. The molecule has 2 rings (SSSR count). The quantitative estimate of drug-likeness (QED) is 0.569. The lowest BCUT2D eigenvalue weighted by atomic mass is 9.77. The Hall–Kier alpha value is -1.63. The molecule has 0 aromatic rings. The molecule has 0 saturated carbocycles. The van der Waals surface area contributed by atoms with Crippen molar-refractivity contribution in [3.8, 4) is 0 Å². The van der Waals surface area contributed by atoms with E-state index in [1.165, 1.54) is 0 Å². The van der Waals surface area contributed by atoms with Gasteiger partial charge in [-0.2, -0.15) is 0 Å². The maximum atomic E-state index is 13.7. The lowest BCUT2D eigenvalue weighted by Gasteiger charge is -2.44. The molecule has 1 N–H and O–H groups in total. The van der Waals surface area contributed by atoms with Crippen LogP contribution < -0.4 is 5.32 Å². The van der Waals surface area contributed by atoms with Gasteiger partial charge in [-0.15, -0.1) is 0 Å². The Morgan fingerprint density at radius 1 is 1.06 bits per heavy atom. The van der Waals surface area contributed by atoms with Crippen molar-refractivity contribution in [3.63, 3.8) is 0 Å². The lowest BCUT2D eigenvalue weighted by Crippen LogP contribution is -2.62. The van der Waals surface area contributed by atoms with Crippen molar-refractivity contribution in [3.05, 3.63) is 0 Å². The summed E-state index contributed by atoms with van der Waals surface area (Å²) in [5.74, 6) is 1.06. The van der Waals surface area contributed by atoms with Gasteiger partial charge < -0.3 is 20.0 Å². The van der Waals surface area contributed by atoms with E-state index in [0.29, 0.717) is 44.3 Å². The van der Waals surface area contributed by atoms with Crippen LogP contribution in [0.2, 0.25) is 0 Å². The van der Waals surface area contributed by atoms with Crippen molar-refractivity contribution in [2.24, 2.45) is 17.3 Å². The highest BCUT2D eigenvalue weighted by Crippen LogP contribution is 2.35. The van der Waals surface area contributed by atoms with Crippen LogP contribution in [-0.2, 0) is 14.4 Å². The molecule has 2 atom stereocenters. The summed E-state index contributed by atoms with van der Waals surface area (Å²) in [5, 5.41) is 3.35. The van der Waals surface area contributed by atoms with Crippen molar-refractivity contribution in [2.75, 3.05) is 33.2 Å². The van der Waals surface area contributed by atoms with Crippen LogP contribution in [0.5, 0.6) is 0 Å². The summed E-state index contributed by atoms with van der Waals surface area (Å²) in [6, 6.07) is -0.405. The summed E-state index contributed by atoms with van der Waals surface area (Å²) in [6.07, 6.45) is 3.63. The molecule has 0 aromatic heterocycles. The van der Waals surface area contributed by atoms with Crippen LogP contribution in [0.4, 0.5) is 0 Å². The normalized spacial score (nSPS) is 22.3. The molecule has 0 aliphatic carbocycles. The maximum absolute atomic E-state index is 13.7.